The maximum Gasteiger partial charge on any atom is 0.00790 e. The average Bonchev–Trinajstić information content (AvgIpc) is 2.45. The molecule has 0 aromatic heterocycles. The summed E-state index contributed by atoms with van der Waals surface area (Å²) in [5, 5.41) is 7.01. The van der Waals surface area contributed by atoms with Gasteiger partial charge in [0.25, 0.3) is 0 Å². The zero-order valence-electron chi connectivity index (χ0n) is 10.5. The molecular formula is C13H28N2. The van der Waals surface area contributed by atoms with E-state index < -0.39 is 0 Å². The number of hydrogen-bond acceptors (Lipinski definition) is 2. The molecule has 2 heteroatoms. The molecule has 1 rings (SSSR count). The lowest BCUT2D eigenvalue weighted by atomic mass is 10.0. The summed E-state index contributed by atoms with van der Waals surface area (Å²) in [6.45, 7) is 7.86. The maximum atomic E-state index is 3.58. The summed E-state index contributed by atoms with van der Waals surface area (Å²) in [4.78, 5) is 0. The molecule has 0 spiro atoms. The fraction of sp³-hybridized carbons (Fsp3) is 1.00. The van der Waals surface area contributed by atoms with Crippen molar-refractivity contribution in [2.45, 2.75) is 58.4 Å². The Morgan fingerprint density at radius 3 is 2.27 bits per heavy atom. The standard InChI is InChI=1S/C13H28N2/c1-12(2)15-10-9-14-11-13-7-5-3-4-6-8-13/h12-15H,3-11H2,1-2H3. The van der Waals surface area contributed by atoms with Gasteiger partial charge in [0.1, 0.15) is 0 Å². The van der Waals surface area contributed by atoms with Crippen LogP contribution < -0.4 is 10.6 Å². The molecule has 0 unspecified atom stereocenters. The van der Waals surface area contributed by atoms with Crippen LogP contribution in [0.25, 0.3) is 0 Å². The molecule has 90 valence electrons. The van der Waals surface area contributed by atoms with Crippen LogP contribution in [0, 0.1) is 5.92 Å². The van der Waals surface area contributed by atoms with E-state index in [1.807, 2.05) is 0 Å². The lowest BCUT2D eigenvalue weighted by Crippen LogP contribution is -2.33. The molecule has 1 fully saturated rings. The van der Waals surface area contributed by atoms with Crippen LogP contribution in [0.2, 0.25) is 0 Å². The van der Waals surface area contributed by atoms with Gasteiger partial charge in [0.05, 0.1) is 0 Å². The fourth-order valence-corrected chi connectivity index (χ4v) is 2.32. The Labute approximate surface area is 95.2 Å². The topological polar surface area (TPSA) is 24.1 Å². The van der Waals surface area contributed by atoms with Crippen molar-refractivity contribution < 1.29 is 0 Å². The van der Waals surface area contributed by atoms with E-state index in [1.165, 1.54) is 45.1 Å². The lowest BCUT2D eigenvalue weighted by molar-refractivity contribution is 0.421. The first-order valence-electron chi connectivity index (χ1n) is 6.73. The molecule has 2 N–H and O–H groups in total. The van der Waals surface area contributed by atoms with E-state index in [0.29, 0.717) is 6.04 Å². The second kappa shape index (κ2) is 8.12. The van der Waals surface area contributed by atoms with Crippen molar-refractivity contribution in [1.82, 2.24) is 10.6 Å². The van der Waals surface area contributed by atoms with Crippen molar-refractivity contribution >= 4 is 0 Å². The van der Waals surface area contributed by atoms with Crippen molar-refractivity contribution in [2.75, 3.05) is 19.6 Å². The predicted octanol–water partition coefficient (Wildman–Crippen LogP) is 2.54. The van der Waals surface area contributed by atoms with Crippen LogP contribution in [-0.2, 0) is 0 Å². The van der Waals surface area contributed by atoms with Gasteiger partial charge in [0.15, 0.2) is 0 Å². The first-order valence-corrected chi connectivity index (χ1v) is 6.73. The molecule has 0 bridgehead atoms. The maximum absolute atomic E-state index is 3.58. The highest BCUT2D eigenvalue weighted by atomic mass is 15.0. The summed E-state index contributed by atoms with van der Waals surface area (Å²) in [7, 11) is 0. The molecule has 1 saturated carbocycles. The minimum Gasteiger partial charge on any atom is -0.315 e. The zero-order chi connectivity index (χ0) is 10.9. The molecule has 0 atom stereocenters. The number of hydrogen-bond donors (Lipinski definition) is 2. The second-order valence-corrected chi connectivity index (χ2v) is 5.17. The minimum atomic E-state index is 0.615. The first kappa shape index (κ1) is 13.0. The van der Waals surface area contributed by atoms with E-state index in [0.717, 1.165) is 19.0 Å². The van der Waals surface area contributed by atoms with Gasteiger partial charge in [-0.25, -0.2) is 0 Å². The number of nitrogens with one attached hydrogen (secondary N) is 2. The summed E-state index contributed by atoms with van der Waals surface area (Å²) in [5.74, 6) is 0.951. The number of rotatable bonds is 6. The zero-order valence-corrected chi connectivity index (χ0v) is 10.5. The summed E-state index contributed by atoms with van der Waals surface area (Å²) in [6, 6.07) is 0.615. The highest BCUT2D eigenvalue weighted by Gasteiger charge is 2.10. The van der Waals surface area contributed by atoms with Crippen molar-refractivity contribution in [3.63, 3.8) is 0 Å². The van der Waals surface area contributed by atoms with Gasteiger partial charge in [-0.3, -0.25) is 0 Å². The largest absolute Gasteiger partial charge is 0.315 e. The third-order valence-electron chi connectivity index (χ3n) is 3.26. The first-order chi connectivity index (χ1) is 7.29. The second-order valence-electron chi connectivity index (χ2n) is 5.17. The lowest BCUT2D eigenvalue weighted by Gasteiger charge is -2.15. The molecule has 2 nitrogen and oxygen atoms in total. The van der Waals surface area contributed by atoms with Crippen LogP contribution in [0.3, 0.4) is 0 Å². The van der Waals surface area contributed by atoms with Crippen LogP contribution >= 0.6 is 0 Å². The Bertz CT molecular complexity index is 137. The molecule has 0 amide bonds. The van der Waals surface area contributed by atoms with Crippen molar-refractivity contribution in [3.05, 3.63) is 0 Å². The van der Waals surface area contributed by atoms with E-state index in [-0.39, 0.29) is 0 Å². The molecule has 0 radical (unpaired) electrons. The van der Waals surface area contributed by atoms with Crippen LogP contribution in [0.5, 0.6) is 0 Å². The van der Waals surface area contributed by atoms with Gasteiger partial charge < -0.3 is 10.6 Å². The third kappa shape index (κ3) is 6.91. The SMILES string of the molecule is CC(C)NCCNCC1CCCCCC1. The van der Waals surface area contributed by atoms with Crippen molar-refractivity contribution in [1.29, 1.82) is 0 Å². The van der Waals surface area contributed by atoms with E-state index in [1.54, 1.807) is 0 Å². The van der Waals surface area contributed by atoms with Crippen LogP contribution in [-0.4, -0.2) is 25.7 Å². The minimum absolute atomic E-state index is 0.615. The van der Waals surface area contributed by atoms with E-state index in [2.05, 4.69) is 24.5 Å². The Hall–Kier alpha value is -0.0800. The molecule has 1 aliphatic rings. The molecule has 0 saturated heterocycles. The van der Waals surface area contributed by atoms with Gasteiger partial charge in [0, 0.05) is 19.1 Å². The Balaban J connectivity index is 1.94. The molecule has 15 heavy (non-hydrogen) atoms. The Morgan fingerprint density at radius 1 is 1.00 bits per heavy atom. The van der Waals surface area contributed by atoms with E-state index in [4.69, 9.17) is 0 Å². The smallest absolute Gasteiger partial charge is 0.00790 e. The van der Waals surface area contributed by atoms with Crippen molar-refractivity contribution in [3.8, 4) is 0 Å². The van der Waals surface area contributed by atoms with Gasteiger partial charge in [0.2, 0.25) is 0 Å². The van der Waals surface area contributed by atoms with Gasteiger partial charge in [-0.15, -0.1) is 0 Å². The van der Waals surface area contributed by atoms with E-state index in [9.17, 15) is 0 Å². The van der Waals surface area contributed by atoms with E-state index >= 15 is 0 Å². The van der Waals surface area contributed by atoms with Gasteiger partial charge in [-0.1, -0.05) is 39.5 Å². The highest BCUT2D eigenvalue weighted by molar-refractivity contribution is 4.67. The summed E-state index contributed by atoms with van der Waals surface area (Å²) >= 11 is 0. The quantitative estimate of drug-likeness (QED) is 0.522. The van der Waals surface area contributed by atoms with Crippen molar-refractivity contribution in [2.24, 2.45) is 5.92 Å². The molecule has 0 heterocycles. The summed E-state index contributed by atoms with van der Waals surface area (Å²) in [6.07, 6.45) is 8.74. The van der Waals surface area contributed by atoms with Gasteiger partial charge >= 0.3 is 0 Å². The monoisotopic (exact) mass is 212 g/mol. The normalized spacial score (nSPS) is 19.4. The Kier molecular flexibility index (Phi) is 7.03. The summed E-state index contributed by atoms with van der Waals surface area (Å²) < 4.78 is 0. The van der Waals surface area contributed by atoms with Gasteiger partial charge in [-0.2, -0.15) is 0 Å². The Morgan fingerprint density at radius 2 is 1.67 bits per heavy atom. The van der Waals surface area contributed by atoms with Gasteiger partial charge in [-0.05, 0) is 25.3 Å². The van der Waals surface area contributed by atoms with Crippen LogP contribution in [0.4, 0.5) is 0 Å². The molecule has 0 aromatic carbocycles. The highest BCUT2D eigenvalue weighted by Crippen LogP contribution is 2.21. The molecule has 1 aliphatic carbocycles. The molecule has 0 aliphatic heterocycles. The van der Waals surface area contributed by atoms with Crippen LogP contribution in [0.1, 0.15) is 52.4 Å². The summed E-state index contributed by atoms with van der Waals surface area (Å²) in [5.41, 5.74) is 0. The van der Waals surface area contributed by atoms with Crippen LogP contribution in [0.15, 0.2) is 0 Å². The average molecular weight is 212 g/mol. The predicted molar refractivity (Wildman–Crippen MR) is 67.2 cm³/mol. The third-order valence-corrected chi connectivity index (χ3v) is 3.26. The molecular weight excluding hydrogens is 184 g/mol. The molecule has 0 aromatic rings. The fourth-order valence-electron chi connectivity index (χ4n) is 2.32.